The van der Waals surface area contributed by atoms with E-state index in [1.165, 1.54) is 11.3 Å². The van der Waals surface area contributed by atoms with Crippen LogP contribution in [0, 0.1) is 13.8 Å². The van der Waals surface area contributed by atoms with E-state index in [1.807, 2.05) is 38.1 Å². The Morgan fingerprint density at radius 1 is 0.974 bits per heavy atom. The molecule has 4 aromatic rings. The molecule has 9 nitrogen and oxygen atoms in total. The standard InChI is InChI=1S/C30H35N7O2/c1-20-16-23(17-21(2)27(20)38)18-32-29-26(28(31)39)30(35-34-29)33-24-8-10-25(11-9-24)37-14-12-36(13-15-37)19-22-6-4-3-5-7-22/h3-11,16-17,38H,12-15,18-19H2,1-2H3,(H2,31,39)(H3,32,33,34,35). The van der Waals surface area contributed by atoms with Gasteiger partial charge < -0.3 is 26.4 Å². The molecule has 0 spiro atoms. The van der Waals surface area contributed by atoms with E-state index >= 15 is 0 Å². The first-order valence-electron chi connectivity index (χ1n) is 13.2. The van der Waals surface area contributed by atoms with Crippen LogP contribution in [0.25, 0.3) is 0 Å². The fourth-order valence-corrected chi connectivity index (χ4v) is 5.04. The third-order valence-corrected chi connectivity index (χ3v) is 7.15. The van der Waals surface area contributed by atoms with Crippen LogP contribution in [0.5, 0.6) is 5.75 Å². The summed E-state index contributed by atoms with van der Waals surface area (Å²) in [6, 6.07) is 22.5. The maximum atomic E-state index is 12.3. The van der Waals surface area contributed by atoms with E-state index in [1.54, 1.807) is 0 Å². The normalized spacial score (nSPS) is 13.8. The second-order valence-electron chi connectivity index (χ2n) is 10.0. The van der Waals surface area contributed by atoms with Gasteiger partial charge >= 0.3 is 0 Å². The van der Waals surface area contributed by atoms with Crippen LogP contribution in [-0.2, 0) is 13.1 Å². The van der Waals surface area contributed by atoms with E-state index in [4.69, 9.17) is 5.73 Å². The zero-order valence-electron chi connectivity index (χ0n) is 22.4. The molecule has 1 aliphatic rings. The van der Waals surface area contributed by atoms with Crippen molar-refractivity contribution in [1.82, 2.24) is 15.1 Å². The van der Waals surface area contributed by atoms with Crippen LogP contribution in [0.2, 0.25) is 0 Å². The molecule has 0 aliphatic carbocycles. The molecular weight excluding hydrogens is 490 g/mol. The Balaban J connectivity index is 1.20. The number of amides is 1. The molecule has 1 aromatic heterocycles. The number of H-pyrrole nitrogens is 1. The van der Waals surface area contributed by atoms with Crippen LogP contribution in [-0.4, -0.2) is 52.3 Å². The number of aromatic hydroxyl groups is 1. The van der Waals surface area contributed by atoms with Crippen LogP contribution in [0.1, 0.15) is 32.6 Å². The first-order valence-corrected chi connectivity index (χ1v) is 13.2. The molecule has 5 rings (SSSR count). The molecule has 1 aliphatic heterocycles. The third-order valence-electron chi connectivity index (χ3n) is 7.15. The number of phenolic OH excluding ortho intramolecular Hbond substituents is 1. The number of hydrogen-bond acceptors (Lipinski definition) is 7. The molecule has 1 fully saturated rings. The van der Waals surface area contributed by atoms with Gasteiger partial charge in [0.15, 0.2) is 5.82 Å². The first kappa shape index (κ1) is 26.1. The molecule has 3 aromatic carbocycles. The van der Waals surface area contributed by atoms with E-state index in [0.717, 1.165) is 55.1 Å². The predicted molar refractivity (Wildman–Crippen MR) is 156 cm³/mol. The largest absolute Gasteiger partial charge is 0.507 e. The molecule has 0 bridgehead atoms. The topological polar surface area (TPSA) is 123 Å². The average Bonchev–Trinajstić information content (AvgIpc) is 3.34. The lowest BCUT2D eigenvalue weighted by atomic mass is 10.1. The van der Waals surface area contributed by atoms with Crippen molar-refractivity contribution in [3.63, 3.8) is 0 Å². The van der Waals surface area contributed by atoms with Crippen molar-refractivity contribution in [3.05, 3.63) is 94.5 Å². The van der Waals surface area contributed by atoms with E-state index < -0.39 is 5.91 Å². The molecular formula is C30H35N7O2. The number of aryl methyl sites for hydroxylation is 2. The van der Waals surface area contributed by atoms with Gasteiger partial charge in [-0.2, -0.15) is 5.10 Å². The minimum absolute atomic E-state index is 0.265. The number of aromatic nitrogens is 2. The number of anilines is 4. The van der Waals surface area contributed by atoms with Crippen LogP contribution < -0.4 is 21.3 Å². The SMILES string of the molecule is Cc1cc(CNc2[nH]nc(Nc3ccc(N4CCN(Cc5ccccc5)CC4)cc3)c2C(N)=O)cc(C)c1O. The van der Waals surface area contributed by atoms with Gasteiger partial charge in [-0.25, -0.2) is 0 Å². The Labute approximate surface area is 228 Å². The Morgan fingerprint density at radius 2 is 1.64 bits per heavy atom. The third kappa shape index (κ3) is 6.15. The van der Waals surface area contributed by atoms with Gasteiger partial charge in [0.1, 0.15) is 17.1 Å². The number of primary amides is 1. The molecule has 6 N–H and O–H groups in total. The Bertz CT molecular complexity index is 1400. The van der Waals surface area contributed by atoms with Crippen LogP contribution in [0.3, 0.4) is 0 Å². The molecule has 0 saturated carbocycles. The summed E-state index contributed by atoms with van der Waals surface area (Å²) in [6.45, 7) is 9.12. The van der Waals surface area contributed by atoms with Gasteiger partial charge in [-0.1, -0.05) is 42.5 Å². The van der Waals surface area contributed by atoms with E-state index in [-0.39, 0.29) is 5.56 Å². The summed E-state index contributed by atoms with van der Waals surface area (Å²) in [7, 11) is 0. The molecule has 39 heavy (non-hydrogen) atoms. The second-order valence-corrected chi connectivity index (χ2v) is 10.0. The minimum atomic E-state index is -0.586. The number of phenols is 1. The summed E-state index contributed by atoms with van der Waals surface area (Å²) in [4.78, 5) is 17.2. The molecule has 9 heteroatoms. The highest BCUT2D eigenvalue weighted by Crippen LogP contribution is 2.28. The zero-order chi connectivity index (χ0) is 27.4. The van der Waals surface area contributed by atoms with Gasteiger partial charge in [0.2, 0.25) is 0 Å². The Kier molecular flexibility index (Phi) is 7.69. The molecule has 202 valence electrons. The van der Waals surface area contributed by atoms with Crippen molar-refractivity contribution in [2.24, 2.45) is 5.73 Å². The molecule has 1 amide bonds. The smallest absolute Gasteiger partial charge is 0.256 e. The Hall–Kier alpha value is -4.50. The fraction of sp³-hybridized carbons (Fsp3) is 0.267. The molecule has 0 unspecified atom stereocenters. The fourth-order valence-electron chi connectivity index (χ4n) is 5.04. The lowest BCUT2D eigenvalue weighted by molar-refractivity contribution is 0.100. The quantitative estimate of drug-likeness (QED) is 0.218. The van der Waals surface area contributed by atoms with Crippen LogP contribution >= 0.6 is 0 Å². The van der Waals surface area contributed by atoms with Gasteiger partial charge in [0, 0.05) is 50.6 Å². The van der Waals surface area contributed by atoms with Crippen molar-refractivity contribution in [2.75, 3.05) is 41.7 Å². The predicted octanol–water partition coefficient (Wildman–Crippen LogP) is 4.51. The highest BCUT2D eigenvalue weighted by atomic mass is 16.3. The number of piperazine rings is 1. The summed E-state index contributed by atoms with van der Waals surface area (Å²) in [5, 5.41) is 23.6. The number of rotatable bonds is 9. The second kappa shape index (κ2) is 11.5. The number of carbonyl (C=O) groups excluding carboxylic acids is 1. The number of nitrogens with two attached hydrogens (primary N) is 1. The van der Waals surface area contributed by atoms with E-state index in [2.05, 4.69) is 73.1 Å². The minimum Gasteiger partial charge on any atom is -0.507 e. The number of aromatic amines is 1. The van der Waals surface area contributed by atoms with Gasteiger partial charge in [-0.15, -0.1) is 0 Å². The number of benzene rings is 3. The maximum absolute atomic E-state index is 12.3. The van der Waals surface area contributed by atoms with Crippen LogP contribution in [0.4, 0.5) is 23.0 Å². The summed E-state index contributed by atoms with van der Waals surface area (Å²) >= 11 is 0. The van der Waals surface area contributed by atoms with Gasteiger partial charge in [0.05, 0.1) is 0 Å². The van der Waals surface area contributed by atoms with Crippen molar-refractivity contribution >= 4 is 28.9 Å². The Morgan fingerprint density at radius 3 is 2.28 bits per heavy atom. The number of nitrogens with one attached hydrogen (secondary N) is 3. The molecule has 2 heterocycles. The highest BCUT2D eigenvalue weighted by Gasteiger charge is 2.20. The number of nitrogens with zero attached hydrogens (tertiary/aromatic N) is 3. The molecule has 0 radical (unpaired) electrons. The number of carbonyl (C=O) groups is 1. The van der Waals surface area contributed by atoms with Crippen molar-refractivity contribution in [3.8, 4) is 5.75 Å². The first-order chi connectivity index (χ1) is 18.9. The van der Waals surface area contributed by atoms with Crippen molar-refractivity contribution in [1.29, 1.82) is 0 Å². The monoisotopic (exact) mass is 525 g/mol. The number of hydrogen-bond donors (Lipinski definition) is 5. The van der Waals surface area contributed by atoms with Gasteiger partial charge in [-0.05, 0) is 60.4 Å². The zero-order valence-corrected chi connectivity index (χ0v) is 22.4. The lowest BCUT2D eigenvalue weighted by Gasteiger charge is -2.36. The summed E-state index contributed by atoms with van der Waals surface area (Å²) < 4.78 is 0. The molecule has 0 atom stereocenters. The van der Waals surface area contributed by atoms with Gasteiger partial charge in [-0.3, -0.25) is 14.8 Å². The lowest BCUT2D eigenvalue weighted by Crippen LogP contribution is -2.45. The van der Waals surface area contributed by atoms with Crippen molar-refractivity contribution < 1.29 is 9.90 Å². The molecule has 1 saturated heterocycles. The summed E-state index contributed by atoms with van der Waals surface area (Å²) in [6.07, 6.45) is 0. The average molecular weight is 526 g/mol. The van der Waals surface area contributed by atoms with Gasteiger partial charge in [0.25, 0.3) is 5.91 Å². The summed E-state index contributed by atoms with van der Waals surface area (Å²) in [5.74, 6) is 0.515. The van der Waals surface area contributed by atoms with E-state index in [0.29, 0.717) is 23.9 Å². The maximum Gasteiger partial charge on any atom is 0.256 e. The van der Waals surface area contributed by atoms with Crippen LogP contribution in [0.15, 0.2) is 66.7 Å². The highest BCUT2D eigenvalue weighted by molar-refractivity contribution is 6.03. The van der Waals surface area contributed by atoms with E-state index in [9.17, 15) is 9.90 Å². The summed E-state index contributed by atoms with van der Waals surface area (Å²) in [5.41, 5.74) is 11.9. The van der Waals surface area contributed by atoms with Crippen molar-refractivity contribution in [2.45, 2.75) is 26.9 Å².